The zero-order valence-electron chi connectivity index (χ0n) is 29.7. The van der Waals surface area contributed by atoms with Crippen molar-refractivity contribution < 1.29 is 28.4 Å². The Kier molecular flexibility index (Phi) is 33.2. The molecule has 0 saturated carbocycles. The summed E-state index contributed by atoms with van der Waals surface area (Å²) < 4.78 is 33.8. The monoisotopic (exact) mass is 637 g/mol. The topological polar surface area (TPSA) is 55.4 Å². The molecule has 264 valence electrons. The van der Waals surface area contributed by atoms with E-state index < -0.39 is 0 Å². The van der Waals surface area contributed by atoms with Crippen LogP contribution in [0.4, 0.5) is 0 Å². The summed E-state index contributed by atoms with van der Waals surface area (Å²) in [5.74, 6) is 0.903. The van der Waals surface area contributed by atoms with E-state index in [1.165, 1.54) is 121 Å². The summed E-state index contributed by atoms with van der Waals surface area (Å²) in [6.07, 6.45) is 27.1. The Bertz CT molecular complexity index is 683. The molecule has 0 N–H and O–H groups in total. The maximum atomic E-state index is 5.78. The van der Waals surface area contributed by atoms with Crippen molar-refractivity contribution in [1.29, 1.82) is 0 Å². The summed E-state index contributed by atoms with van der Waals surface area (Å²) in [4.78, 5) is 0. The van der Waals surface area contributed by atoms with Crippen molar-refractivity contribution in [2.75, 3.05) is 72.7 Å². The Labute approximate surface area is 278 Å². The lowest BCUT2D eigenvalue weighted by Crippen LogP contribution is -2.14. The number of hydrogen-bond acceptors (Lipinski definition) is 6. The minimum absolute atomic E-state index is 0.546. The molecule has 0 unspecified atom stereocenters. The molecule has 0 spiro atoms. The van der Waals surface area contributed by atoms with Crippen molar-refractivity contribution in [2.24, 2.45) is 0 Å². The van der Waals surface area contributed by atoms with E-state index in [1.54, 1.807) is 0 Å². The lowest BCUT2D eigenvalue weighted by Gasteiger charge is -2.09. The van der Waals surface area contributed by atoms with Crippen LogP contribution in [0.1, 0.15) is 141 Å². The first-order valence-corrected chi connectivity index (χ1v) is 19.0. The molecule has 0 fully saturated rings. The van der Waals surface area contributed by atoms with E-state index >= 15 is 0 Å². The van der Waals surface area contributed by atoms with Crippen molar-refractivity contribution in [3.63, 3.8) is 0 Å². The maximum Gasteiger partial charge on any atom is 0.119 e. The van der Waals surface area contributed by atoms with Crippen LogP contribution in [-0.2, 0) is 30.1 Å². The third kappa shape index (κ3) is 31.2. The van der Waals surface area contributed by atoms with Gasteiger partial charge in [-0.1, -0.05) is 135 Å². The molecule has 0 radical (unpaired) electrons. The van der Waals surface area contributed by atoms with Crippen molar-refractivity contribution in [3.8, 4) is 5.75 Å². The van der Waals surface area contributed by atoms with Gasteiger partial charge in [0, 0.05) is 6.61 Å². The summed E-state index contributed by atoms with van der Waals surface area (Å²) in [6, 6.07) is 8.49. The quantitative estimate of drug-likeness (QED) is 0.0678. The van der Waals surface area contributed by atoms with Gasteiger partial charge < -0.3 is 28.4 Å². The molecule has 0 aromatic heterocycles. The second-order valence-electron chi connectivity index (χ2n) is 12.3. The van der Waals surface area contributed by atoms with Crippen LogP contribution < -0.4 is 4.74 Å². The number of benzene rings is 1. The molecule has 0 aliphatic rings. The van der Waals surface area contributed by atoms with E-state index in [0.29, 0.717) is 66.1 Å². The average Bonchev–Trinajstić information content (AvgIpc) is 3.06. The Morgan fingerprint density at radius 1 is 0.333 bits per heavy atom. The molecule has 1 aromatic carbocycles. The first kappa shape index (κ1) is 41.8. The van der Waals surface area contributed by atoms with Gasteiger partial charge in [0.1, 0.15) is 12.4 Å². The van der Waals surface area contributed by atoms with Crippen LogP contribution >= 0.6 is 0 Å². The fourth-order valence-electron chi connectivity index (χ4n) is 5.28. The van der Waals surface area contributed by atoms with Gasteiger partial charge in [0.25, 0.3) is 0 Å². The van der Waals surface area contributed by atoms with Crippen molar-refractivity contribution >= 4 is 0 Å². The molecule has 6 heteroatoms. The molecule has 0 aliphatic carbocycles. The van der Waals surface area contributed by atoms with Crippen LogP contribution in [0, 0.1) is 0 Å². The second-order valence-corrected chi connectivity index (χ2v) is 12.3. The van der Waals surface area contributed by atoms with E-state index in [1.807, 2.05) is 0 Å². The zero-order chi connectivity index (χ0) is 32.1. The molecule has 0 heterocycles. The highest BCUT2D eigenvalue weighted by atomic mass is 16.6. The smallest absolute Gasteiger partial charge is 0.119 e. The van der Waals surface area contributed by atoms with Gasteiger partial charge in [0.15, 0.2) is 0 Å². The number of aryl methyl sites for hydroxylation is 1. The maximum absolute atomic E-state index is 5.78. The van der Waals surface area contributed by atoms with Gasteiger partial charge in [-0.25, -0.2) is 0 Å². The first-order chi connectivity index (χ1) is 22.4. The third-order valence-electron chi connectivity index (χ3n) is 8.12. The summed E-state index contributed by atoms with van der Waals surface area (Å²) in [5.41, 5.74) is 1.39. The molecule has 1 rings (SSSR count). The number of ether oxygens (including phenoxy) is 6. The molecule has 6 nitrogen and oxygen atoms in total. The lowest BCUT2D eigenvalue weighted by molar-refractivity contribution is -0.0128. The second kappa shape index (κ2) is 35.7. The molecule has 1 aromatic rings. The summed E-state index contributed by atoms with van der Waals surface area (Å²) >= 11 is 0. The van der Waals surface area contributed by atoms with Crippen LogP contribution in [0.25, 0.3) is 0 Å². The van der Waals surface area contributed by atoms with Gasteiger partial charge >= 0.3 is 0 Å². The third-order valence-corrected chi connectivity index (χ3v) is 8.12. The fraction of sp³-hybridized carbons (Fsp3) is 0.846. The normalized spacial score (nSPS) is 11.4. The Balaban J connectivity index is 1.71. The number of rotatable bonds is 37. The molecule has 0 amide bonds. The number of unbranched alkanes of at least 4 members (excludes halogenated alkanes) is 17. The Morgan fingerprint density at radius 3 is 1.09 bits per heavy atom. The minimum Gasteiger partial charge on any atom is -0.491 e. The SMILES string of the molecule is CCCCCCCCCCCCCCCOCCOCCOCCOCCOCCOc1ccc(CCCCCCCC)cc1. The van der Waals surface area contributed by atoms with E-state index in [2.05, 4.69) is 38.1 Å². The van der Waals surface area contributed by atoms with Crippen molar-refractivity contribution in [2.45, 2.75) is 142 Å². The van der Waals surface area contributed by atoms with Crippen LogP contribution in [0.5, 0.6) is 5.75 Å². The highest BCUT2D eigenvalue weighted by Crippen LogP contribution is 2.15. The van der Waals surface area contributed by atoms with Crippen LogP contribution in [0.15, 0.2) is 24.3 Å². The van der Waals surface area contributed by atoms with Gasteiger partial charge in [-0.15, -0.1) is 0 Å². The highest BCUT2D eigenvalue weighted by molar-refractivity contribution is 5.27. The Morgan fingerprint density at radius 2 is 0.667 bits per heavy atom. The highest BCUT2D eigenvalue weighted by Gasteiger charge is 1.99. The first-order valence-electron chi connectivity index (χ1n) is 19.0. The van der Waals surface area contributed by atoms with Crippen LogP contribution in [0.2, 0.25) is 0 Å². The predicted molar refractivity (Wildman–Crippen MR) is 189 cm³/mol. The Hall–Kier alpha value is -1.18. The molecule has 0 aliphatic heterocycles. The van der Waals surface area contributed by atoms with Gasteiger partial charge in [0.05, 0.1) is 59.5 Å². The van der Waals surface area contributed by atoms with E-state index in [0.717, 1.165) is 25.2 Å². The van der Waals surface area contributed by atoms with Gasteiger partial charge in [0.2, 0.25) is 0 Å². The predicted octanol–water partition coefficient (Wildman–Crippen LogP) is 10.1. The fourth-order valence-corrected chi connectivity index (χ4v) is 5.28. The summed E-state index contributed by atoms with van der Waals surface area (Å²) in [5, 5.41) is 0. The largest absolute Gasteiger partial charge is 0.491 e. The molecule has 45 heavy (non-hydrogen) atoms. The molecular weight excluding hydrogens is 564 g/mol. The van der Waals surface area contributed by atoms with Crippen molar-refractivity contribution in [1.82, 2.24) is 0 Å². The molecule has 0 saturated heterocycles. The van der Waals surface area contributed by atoms with Gasteiger partial charge in [-0.3, -0.25) is 0 Å². The average molecular weight is 637 g/mol. The molecular formula is C39H72O6. The van der Waals surface area contributed by atoms with Crippen molar-refractivity contribution in [3.05, 3.63) is 29.8 Å². The molecule has 0 atom stereocenters. The van der Waals surface area contributed by atoms with E-state index in [-0.39, 0.29) is 0 Å². The number of hydrogen-bond donors (Lipinski definition) is 0. The van der Waals surface area contributed by atoms with Crippen LogP contribution in [-0.4, -0.2) is 72.7 Å². The minimum atomic E-state index is 0.546. The standard InChI is InChI=1S/C39H72O6/c1-3-5-7-9-11-12-13-14-15-16-17-19-21-27-40-28-29-41-30-31-42-32-33-43-34-35-44-36-37-45-39-25-23-38(24-26-39)22-20-18-10-8-6-4-2/h23-26H,3-22,27-37H2,1-2H3. The lowest BCUT2D eigenvalue weighted by atomic mass is 10.0. The summed E-state index contributed by atoms with van der Waals surface area (Å²) in [7, 11) is 0. The van der Waals surface area contributed by atoms with Gasteiger partial charge in [-0.05, 0) is 37.0 Å². The summed E-state index contributed by atoms with van der Waals surface area (Å²) in [6.45, 7) is 11.2. The van der Waals surface area contributed by atoms with Crippen LogP contribution in [0.3, 0.4) is 0 Å². The van der Waals surface area contributed by atoms with Gasteiger partial charge in [-0.2, -0.15) is 0 Å². The van der Waals surface area contributed by atoms with E-state index in [4.69, 9.17) is 28.4 Å². The molecule has 0 bridgehead atoms. The van der Waals surface area contributed by atoms with E-state index in [9.17, 15) is 0 Å². The zero-order valence-corrected chi connectivity index (χ0v) is 29.7.